The van der Waals surface area contributed by atoms with Crippen LogP contribution in [-0.4, -0.2) is 26.6 Å². The third-order valence-corrected chi connectivity index (χ3v) is 5.79. The summed E-state index contributed by atoms with van der Waals surface area (Å²) in [6.07, 6.45) is -4.74. The zero-order valence-corrected chi connectivity index (χ0v) is 14.6. The molecule has 1 aliphatic heterocycles. The number of fused-ring (bicyclic) bond motifs is 1. The van der Waals surface area contributed by atoms with Crippen LogP contribution in [0, 0.1) is 0 Å². The summed E-state index contributed by atoms with van der Waals surface area (Å²) in [5.74, 6) is -0.685. The lowest BCUT2D eigenvalue weighted by molar-refractivity contribution is -0.274. The van der Waals surface area contributed by atoms with Crippen molar-refractivity contribution in [2.45, 2.75) is 23.7 Å². The van der Waals surface area contributed by atoms with Crippen LogP contribution in [-0.2, 0) is 9.84 Å². The van der Waals surface area contributed by atoms with Crippen LogP contribution in [0.1, 0.15) is 18.0 Å². The second-order valence-corrected chi connectivity index (χ2v) is 7.92. The number of amides is 2. The van der Waals surface area contributed by atoms with Crippen molar-refractivity contribution in [3.63, 3.8) is 0 Å². The Morgan fingerprint density at radius 1 is 1.07 bits per heavy atom. The van der Waals surface area contributed by atoms with E-state index in [2.05, 4.69) is 15.4 Å². The van der Waals surface area contributed by atoms with E-state index >= 15 is 0 Å². The molecule has 2 aromatic rings. The SMILES string of the molecule is O=C(Nc1ccccc1OC(F)(F)F)NC1CCS(=O)(=O)c2ccccc21. The summed E-state index contributed by atoms with van der Waals surface area (Å²) in [5.41, 5.74) is 0.280. The zero-order valence-electron chi connectivity index (χ0n) is 13.8. The van der Waals surface area contributed by atoms with Crippen molar-refractivity contribution >= 4 is 21.6 Å². The average molecular weight is 400 g/mol. The van der Waals surface area contributed by atoms with Crippen LogP contribution in [0.5, 0.6) is 5.75 Å². The molecule has 0 radical (unpaired) electrons. The summed E-state index contributed by atoms with van der Waals surface area (Å²) in [5, 5.41) is 4.91. The van der Waals surface area contributed by atoms with Gasteiger partial charge in [0, 0.05) is 0 Å². The summed E-state index contributed by atoms with van der Waals surface area (Å²) in [7, 11) is -3.41. The predicted octanol–water partition coefficient (Wildman–Crippen LogP) is 3.63. The van der Waals surface area contributed by atoms with E-state index in [-0.39, 0.29) is 22.8 Å². The lowest BCUT2D eigenvalue weighted by Gasteiger charge is -2.26. The summed E-state index contributed by atoms with van der Waals surface area (Å²) in [4.78, 5) is 12.4. The lowest BCUT2D eigenvalue weighted by atomic mass is 10.0. The van der Waals surface area contributed by atoms with Crippen molar-refractivity contribution in [3.05, 3.63) is 54.1 Å². The molecule has 27 heavy (non-hydrogen) atoms. The van der Waals surface area contributed by atoms with Crippen LogP contribution in [0.3, 0.4) is 0 Å². The van der Waals surface area contributed by atoms with E-state index in [0.29, 0.717) is 5.56 Å². The Hall–Kier alpha value is -2.75. The van der Waals surface area contributed by atoms with Gasteiger partial charge < -0.3 is 15.4 Å². The van der Waals surface area contributed by atoms with Crippen LogP contribution in [0.2, 0.25) is 0 Å². The molecule has 0 fully saturated rings. The first-order valence-corrected chi connectivity index (χ1v) is 9.55. The molecule has 6 nitrogen and oxygen atoms in total. The van der Waals surface area contributed by atoms with Crippen molar-refractivity contribution in [1.29, 1.82) is 0 Å². The Kier molecular flexibility index (Phi) is 5.01. The number of halogens is 3. The third kappa shape index (κ3) is 4.51. The highest BCUT2D eigenvalue weighted by atomic mass is 32.2. The van der Waals surface area contributed by atoms with Crippen molar-refractivity contribution in [1.82, 2.24) is 5.32 Å². The summed E-state index contributed by atoms with van der Waals surface area (Å²) >= 11 is 0. The average Bonchev–Trinajstić information content (AvgIpc) is 2.58. The number of hydrogen-bond acceptors (Lipinski definition) is 4. The van der Waals surface area contributed by atoms with Gasteiger partial charge in [0.15, 0.2) is 15.6 Å². The fourth-order valence-electron chi connectivity index (χ4n) is 2.84. The number of carbonyl (C=O) groups excluding carboxylic acids is 1. The van der Waals surface area contributed by atoms with Gasteiger partial charge in [-0.1, -0.05) is 30.3 Å². The van der Waals surface area contributed by atoms with Crippen LogP contribution < -0.4 is 15.4 Å². The van der Waals surface area contributed by atoms with Gasteiger partial charge in [-0.3, -0.25) is 0 Å². The predicted molar refractivity (Wildman–Crippen MR) is 91.1 cm³/mol. The zero-order chi connectivity index (χ0) is 19.7. The van der Waals surface area contributed by atoms with E-state index in [0.717, 1.165) is 6.07 Å². The Labute approximate surface area is 153 Å². The molecule has 3 rings (SSSR count). The van der Waals surface area contributed by atoms with Gasteiger partial charge in [-0.05, 0) is 30.2 Å². The second kappa shape index (κ2) is 7.10. The molecule has 1 unspecified atom stereocenters. The topological polar surface area (TPSA) is 84.5 Å². The molecule has 0 saturated carbocycles. The van der Waals surface area contributed by atoms with Crippen molar-refractivity contribution in [2.75, 3.05) is 11.1 Å². The molecule has 0 bridgehead atoms. The summed E-state index contributed by atoms with van der Waals surface area (Å²) in [6.45, 7) is 0. The number of urea groups is 1. The lowest BCUT2D eigenvalue weighted by Crippen LogP contribution is -2.36. The first-order chi connectivity index (χ1) is 12.7. The quantitative estimate of drug-likeness (QED) is 0.824. The van der Waals surface area contributed by atoms with E-state index in [4.69, 9.17) is 0 Å². The smallest absolute Gasteiger partial charge is 0.404 e. The molecule has 1 atom stereocenters. The minimum atomic E-state index is -4.90. The number of benzene rings is 2. The number of para-hydroxylation sites is 2. The molecule has 1 heterocycles. The first kappa shape index (κ1) is 19.0. The fraction of sp³-hybridized carbons (Fsp3) is 0.235. The molecule has 2 N–H and O–H groups in total. The van der Waals surface area contributed by atoms with Gasteiger partial charge in [0.2, 0.25) is 0 Å². The Morgan fingerprint density at radius 3 is 2.48 bits per heavy atom. The molecule has 0 saturated heterocycles. The molecule has 10 heteroatoms. The first-order valence-electron chi connectivity index (χ1n) is 7.90. The van der Waals surface area contributed by atoms with E-state index in [1.54, 1.807) is 18.2 Å². The number of hydrogen-bond donors (Lipinski definition) is 2. The maximum Gasteiger partial charge on any atom is 0.573 e. The van der Waals surface area contributed by atoms with Crippen molar-refractivity contribution in [3.8, 4) is 5.75 Å². The molecular formula is C17H15F3N2O4S. The minimum Gasteiger partial charge on any atom is -0.404 e. The van der Waals surface area contributed by atoms with E-state index in [1.807, 2.05) is 0 Å². The maximum atomic E-state index is 12.5. The number of rotatable bonds is 3. The Morgan fingerprint density at radius 2 is 1.74 bits per heavy atom. The minimum absolute atomic E-state index is 0.136. The van der Waals surface area contributed by atoms with Crippen LogP contribution >= 0.6 is 0 Å². The highest BCUT2D eigenvalue weighted by Crippen LogP contribution is 2.33. The van der Waals surface area contributed by atoms with Gasteiger partial charge >= 0.3 is 12.4 Å². The van der Waals surface area contributed by atoms with Crippen LogP contribution in [0.4, 0.5) is 23.7 Å². The van der Waals surface area contributed by atoms with Gasteiger partial charge in [0.25, 0.3) is 0 Å². The highest BCUT2D eigenvalue weighted by Gasteiger charge is 2.33. The summed E-state index contributed by atoms with van der Waals surface area (Å²) in [6, 6.07) is 10.1. The van der Waals surface area contributed by atoms with E-state index < -0.39 is 34.0 Å². The van der Waals surface area contributed by atoms with Gasteiger partial charge in [-0.25, -0.2) is 13.2 Å². The third-order valence-electron chi connectivity index (χ3n) is 3.97. The molecule has 0 spiro atoms. The number of ether oxygens (including phenoxy) is 1. The number of alkyl halides is 3. The monoisotopic (exact) mass is 400 g/mol. The maximum absolute atomic E-state index is 12.5. The van der Waals surface area contributed by atoms with Gasteiger partial charge in [0.1, 0.15) is 0 Å². The molecule has 0 aliphatic carbocycles. The summed E-state index contributed by atoms with van der Waals surface area (Å²) < 4.78 is 65.5. The fourth-order valence-corrected chi connectivity index (χ4v) is 4.46. The van der Waals surface area contributed by atoms with Gasteiger partial charge in [-0.2, -0.15) is 0 Å². The van der Waals surface area contributed by atoms with E-state index in [1.165, 1.54) is 24.3 Å². The van der Waals surface area contributed by atoms with Crippen molar-refractivity contribution < 1.29 is 31.1 Å². The number of anilines is 1. The van der Waals surface area contributed by atoms with Crippen LogP contribution in [0.25, 0.3) is 0 Å². The Balaban J connectivity index is 1.76. The highest BCUT2D eigenvalue weighted by molar-refractivity contribution is 7.91. The standard InChI is InChI=1S/C17H15F3N2O4S/c18-17(19,20)26-14-7-3-2-6-13(14)22-16(23)21-12-9-10-27(24,25)15-8-4-1-5-11(12)15/h1-8,12H,9-10H2,(H2,21,22,23). The molecule has 1 aliphatic rings. The van der Waals surface area contributed by atoms with Crippen LogP contribution in [0.15, 0.2) is 53.4 Å². The number of nitrogens with one attached hydrogen (secondary N) is 2. The number of sulfone groups is 1. The largest absolute Gasteiger partial charge is 0.573 e. The van der Waals surface area contributed by atoms with Crippen molar-refractivity contribution in [2.24, 2.45) is 0 Å². The van der Waals surface area contributed by atoms with Gasteiger partial charge in [0.05, 0.1) is 22.4 Å². The second-order valence-electron chi connectivity index (χ2n) is 5.84. The Bertz CT molecular complexity index is 961. The molecule has 2 amide bonds. The molecule has 2 aromatic carbocycles. The van der Waals surface area contributed by atoms with Gasteiger partial charge in [-0.15, -0.1) is 13.2 Å². The molecule has 144 valence electrons. The molecule has 0 aromatic heterocycles. The normalized spacial score (nSPS) is 18.3. The number of carbonyl (C=O) groups is 1. The molecular weight excluding hydrogens is 385 g/mol. The van der Waals surface area contributed by atoms with E-state index in [9.17, 15) is 26.4 Å².